The fourth-order valence-corrected chi connectivity index (χ4v) is 2.15. The smallest absolute Gasteiger partial charge is 0.139 e. The third-order valence-corrected chi connectivity index (χ3v) is 3.12. The van der Waals surface area contributed by atoms with Crippen molar-refractivity contribution in [2.24, 2.45) is 0 Å². The predicted octanol–water partition coefficient (Wildman–Crippen LogP) is 1.29. The molecule has 0 unspecified atom stereocenters. The van der Waals surface area contributed by atoms with E-state index >= 15 is 0 Å². The Hall–Kier alpha value is -0.870. The number of aryl methyl sites for hydroxylation is 1. The molecule has 4 nitrogen and oxygen atoms in total. The lowest BCUT2D eigenvalue weighted by molar-refractivity contribution is -0.0374. The Balaban J connectivity index is 2.06. The Bertz CT molecular complexity index is 316. The number of rotatable bonds is 3. The van der Waals surface area contributed by atoms with E-state index in [0.29, 0.717) is 0 Å². The van der Waals surface area contributed by atoms with Crippen molar-refractivity contribution < 1.29 is 9.26 Å². The molecule has 2 heterocycles. The van der Waals surface area contributed by atoms with Crippen molar-refractivity contribution in [3.8, 4) is 0 Å². The molecule has 15 heavy (non-hydrogen) atoms. The molecule has 0 bridgehead atoms. The number of hydrogen-bond acceptors (Lipinski definition) is 4. The van der Waals surface area contributed by atoms with Crippen LogP contribution in [0.2, 0.25) is 0 Å². The van der Waals surface area contributed by atoms with Crippen molar-refractivity contribution in [3.63, 3.8) is 0 Å². The molecule has 1 N–H and O–H groups in total. The molecule has 1 saturated heterocycles. The Morgan fingerprint density at radius 3 is 2.80 bits per heavy atom. The number of aromatic nitrogens is 1. The highest BCUT2D eigenvalue weighted by atomic mass is 16.5. The molecule has 1 fully saturated rings. The molecule has 84 valence electrons. The van der Waals surface area contributed by atoms with E-state index < -0.39 is 0 Å². The van der Waals surface area contributed by atoms with Crippen molar-refractivity contribution in [2.45, 2.75) is 31.8 Å². The van der Waals surface area contributed by atoms with Crippen LogP contribution >= 0.6 is 0 Å². The van der Waals surface area contributed by atoms with E-state index in [2.05, 4.69) is 10.5 Å². The van der Waals surface area contributed by atoms with Gasteiger partial charge in [0.15, 0.2) is 0 Å². The molecule has 1 aromatic heterocycles. The van der Waals surface area contributed by atoms with Crippen LogP contribution in [0, 0.1) is 6.92 Å². The number of ether oxygens (including phenoxy) is 1. The van der Waals surface area contributed by atoms with Crippen LogP contribution < -0.4 is 5.32 Å². The van der Waals surface area contributed by atoms with Crippen LogP contribution in [-0.4, -0.2) is 31.0 Å². The Morgan fingerprint density at radius 2 is 2.27 bits per heavy atom. The second-order valence-electron chi connectivity index (χ2n) is 4.25. The van der Waals surface area contributed by atoms with Crippen molar-refractivity contribution in [3.05, 3.63) is 17.5 Å². The third kappa shape index (κ3) is 2.38. The average Bonchev–Trinajstić information content (AvgIpc) is 2.65. The van der Waals surface area contributed by atoms with Crippen molar-refractivity contribution in [1.29, 1.82) is 0 Å². The zero-order valence-electron chi connectivity index (χ0n) is 9.38. The van der Waals surface area contributed by atoms with E-state index in [1.807, 2.05) is 13.0 Å². The highest BCUT2D eigenvalue weighted by Gasteiger charge is 2.33. The molecule has 0 atom stereocenters. The molecule has 1 aliphatic heterocycles. The third-order valence-electron chi connectivity index (χ3n) is 3.12. The van der Waals surface area contributed by atoms with E-state index in [1.54, 1.807) is 7.11 Å². The van der Waals surface area contributed by atoms with Gasteiger partial charge < -0.3 is 14.6 Å². The summed E-state index contributed by atoms with van der Waals surface area (Å²) in [6.07, 6.45) is 2.89. The summed E-state index contributed by atoms with van der Waals surface area (Å²) in [5.74, 6) is 0.927. The largest absolute Gasteiger partial charge is 0.378 e. The van der Waals surface area contributed by atoms with Gasteiger partial charge in [-0.05, 0) is 32.9 Å². The zero-order chi connectivity index (χ0) is 10.7. The Morgan fingerprint density at radius 1 is 1.53 bits per heavy atom. The fraction of sp³-hybridized carbons (Fsp3) is 0.727. The molecule has 2 rings (SSSR count). The van der Waals surface area contributed by atoms with Crippen LogP contribution in [0.15, 0.2) is 10.6 Å². The lowest BCUT2D eigenvalue weighted by Gasteiger charge is -2.35. The first-order chi connectivity index (χ1) is 7.24. The minimum absolute atomic E-state index is 0.0583. The van der Waals surface area contributed by atoms with Gasteiger partial charge in [-0.25, -0.2) is 0 Å². The first-order valence-electron chi connectivity index (χ1n) is 5.42. The molecule has 0 spiro atoms. The molecular weight excluding hydrogens is 192 g/mol. The summed E-state index contributed by atoms with van der Waals surface area (Å²) in [5.41, 5.74) is 0.877. The van der Waals surface area contributed by atoms with E-state index in [0.717, 1.165) is 43.8 Å². The summed E-state index contributed by atoms with van der Waals surface area (Å²) in [4.78, 5) is 0. The van der Waals surface area contributed by atoms with Crippen LogP contribution in [-0.2, 0) is 11.2 Å². The van der Waals surface area contributed by atoms with Gasteiger partial charge in [0, 0.05) is 19.6 Å². The molecule has 4 heteroatoms. The van der Waals surface area contributed by atoms with E-state index in [9.17, 15) is 0 Å². The molecule has 0 radical (unpaired) electrons. The van der Waals surface area contributed by atoms with Gasteiger partial charge in [0.1, 0.15) is 5.76 Å². The molecule has 0 saturated carbocycles. The van der Waals surface area contributed by atoms with Gasteiger partial charge in [-0.3, -0.25) is 0 Å². The summed E-state index contributed by atoms with van der Waals surface area (Å²) < 4.78 is 10.9. The molecule has 1 aromatic rings. The van der Waals surface area contributed by atoms with E-state index in [4.69, 9.17) is 9.26 Å². The Kier molecular flexibility index (Phi) is 3.07. The summed E-state index contributed by atoms with van der Waals surface area (Å²) in [7, 11) is 1.79. The van der Waals surface area contributed by atoms with Gasteiger partial charge in [-0.15, -0.1) is 0 Å². The van der Waals surface area contributed by atoms with E-state index in [1.165, 1.54) is 0 Å². The maximum absolute atomic E-state index is 5.66. The summed E-state index contributed by atoms with van der Waals surface area (Å²) in [6, 6.07) is 1.99. The fourth-order valence-electron chi connectivity index (χ4n) is 2.15. The van der Waals surface area contributed by atoms with Gasteiger partial charge in [0.05, 0.1) is 11.3 Å². The van der Waals surface area contributed by atoms with Crippen LogP contribution in [0.3, 0.4) is 0 Å². The van der Waals surface area contributed by atoms with Crippen LogP contribution in [0.5, 0.6) is 0 Å². The van der Waals surface area contributed by atoms with Crippen LogP contribution in [0.1, 0.15) is 24.3 Å². The monoisotopic (exact) mass is 210 g/mol. The quantitative estimate of drug-likeness (QED) is 0.816. The van der Waals surface area contributed by atoms with Gasteiger partial charge in [0.25, 0.3) is 0 Å². The van der Waals surface area contributed by atoms with Crippen LogP contribution in [0.25, 0.3) is 0 Å². The summed E-state index contributed by atoms with van der Waals surface area (Å²) in [6.45, 7) is 3.97. The maximum Gasteiger partial charge on any atom is 0.139 e. The van der Waals surface area contributed by atoms with Gasteiger partial charge >= 0.3 is 0 Å². The van der Waals surface area contributed by atoms with Crippen molar-refractivity contribution >= 4 is 0 Å². The predicted molar refractivity (Wildman–Crippen MR) is 56.8 cm³/mol. The average molecular weight is 210 g/mol. The maximum atomic E-state index is 5.66. The number of hydrogen-bond donors (Lipinski definition) is 1. The standard InChI is InChI=1S/C11H18N2O2/c1-9-7-10(15-13-9)8-11(14-2)3-5-12-6-4-11/h7,12H,3-6,8H2,1-2H3. The van der Waals surface area contributed by atoms with Crippen LogP contribution in [0.4, 0.5) is 0 Å². The highest BCUT2D eigenvalue weighted by Crippen LogP contribution is 2.27. The lowest BCUT2D eigenvalue weighted by atomic mass is 9.88. The number of nitrogens with one attached hydrogen (secondary N) is 1. The van der Waals surface area contributed by atoms with Gasteiger partial charge in [-0.2, -0.15) is 0 Å². The molecule has 0 aromatic carbocycles. The second kappa shape index (κ2) is 4.33. The Labute approximate surface area is 90.0 Å². The van der Waals surface area contributed by atoms with E-state index in [-0.39, 0.29) is 5.60 Å². The number of nitrogens with zero attached hydrogens (tertiary/aromatic N) is 1. The number of piperidine rings is 1. The first kappa shape index (κ1) is 10.6. The highest BCUT2D eigenvalue weighted by molar-refractivity contribution is 5.07. The van der Waals surface area contributed by atoms with Gasteiger partial charge in [-0.1, -0.05) is 5.16 Å². The summed E-state index contributed by atoms with van der Waals surface area (Å²) in [5, 5.41) is 7.24. The SMILES string of the molecule is COC1(Cc2cc(C)no2)CCNCC1. The molecular formula is C11H18N2O2. The van der Waals surface area contributed by atoms with Crippen molar-refractivity contribution in [2.75, 3.05) is 20.2 Å². The first-order valence-corrected chi connectivity index (χ1v) is 5.42. The molecule has 1 aliphatic rings. The van der Waals surface area contributed by atoms with Gasteiger partial charge in [0.2, 0.25) is 0 Å². The number of methoxy groups -OCH3 is 1. The molecule has 0 amide bonds. The minimum Gasteiger partial charge on any atom is -0.378 e. The molecule has 0 aliphatic carbocycles. The minimum atomic E-state index is -0.0583. The lowest BCUT2D eigenvalue weighted by Crippen LogP contribution is -2.44. The summed E-state index contributed by atoms with van der Waals surface area (Å²) >= 11 is 0. The normalized spacial score (nSPS) is 20.4. The van der Waals surface area contributed by atoms with Crippen molar-refractivity contribution in [1.82, 2.24) is 10.5 Å². The second-order valence-corrected chi connectivity index (χ2v) is 4.25. The zero-order valence-corrected chi connectivity index (χ0v) is 9.38. The topological polar surface area (TPSA) is 47.3 Å².